The van der Waals surface area contributed by atoms with E-state index in [4.69, 9.17) is 4.98 Å². The number of carbonyl (C=O) groups is 1. The Balaban J connectivity index is 1.28. The van der Waals surface area contributed by atoms with Crippen molar-refractivity contribution in [2.75, 3.05) is 39.8 Å². The summed E-state index contributed by atoms with van der Waals surface area (Å²) in [6.45, 7) is 9.52. The summed E-state index contributed by atoms with van der Waals surface area (Å²) in [6, 6.07) is 16.8. The Morgan fingerprint density at radius 2 is 1.83 bits per heavy atom. The van der Waals surface area contributed by atoms with Crippen molar-refractivity contribution in [2.24, 2.45) is 0 Å². The van der Waals surface area contributed by atoms with Crippen LogP contribution in [0.15, 0.2) is 48.5 Å². The molecule has 1 amide bonds. The molecule has 0 radical (unpaired) electrons. The van der Waals surface area contributed by atoms with Gasteiger partial charge in [-0.25, -0.2) is 4.98 Å². The highest BCUT2D eigenvalue weighted by molar-refractivity contribution is 7.18. The Morgan fingerprint density at radius 1 is 1.10 bits per heavy atom. The molecular weight excluding hydrogens is 392 g/mol. The van der Waals surface area contributed by atoms with Crippen molar-refractivity contribution < 1.29 is 4.79 Å². The minimum absolute atomic E-state index is 0.0162. The summed E-state index contributed by atoms with van der Waals surface area (Å²) in [5, 5.41) is 0.995. The Labute approximate surface area is 182 Å². The molecule has 1 atom stereocenters. The molecule has 158 valence electrons. The molecule has 4 rings (SSSR count). The molecule has 0 N–H and O–H groups in total. The maximum absolute atomic E-state index is 12.9. The maximum Gasteiger partial charge on any atom is 0.237 e. The van der Waals surface area contributed by atoms with E-state index in [9.17, 15) is 4.79 Å². The van der Waals surface area contributed by atoms with Gasteiger partial charge in [-0.05, 0) is 31.5 Å². The van der Waals surface area contributed by atoms with Crippen LogP contribution in [0.5, 0.6) is 0 Å². The lowest BCUT2D eigenvalue weighted by molar-refractivity contribution is -0.133. The summed E-state index contributed by atoms with van der Waals surface area (Å²) < 4.78 is 1.17. The number of hydrogen-bond donors (Lipinski definition) is 0. The number of amides is 1. The maximum atomic E-state index is 12.9. The summed E-state index contributed by atoms with van der Waals surface area (Å²) in [7, 11) is 1.90. The molecule has 3 aromatic rings. The fourth-order valence-corrected chi connectivity index (χ4v) is 4.99. The second-order valence-electron chi connectivity index (χ2n) is 8.24. The highest BCUT2D eigenvalue weighted by Crippen LogP contribution is 2.28. The Morgan fingerprint density at radius 3 is 2.57 bits per heavy atom. The zero-order chi connectivity index (χ0) is 21.1. The fraction of sp³-hybridized carbons (Fsp3) is 0.417. The molecular formula is C24H30N4OS. The number of nitrogens with zero attached hydrogens (tertiary/aromatic N) is 4. The quantitative estimate of drug-likeness (QED) is 0.603. The molecule has 1 aromatic heterocycles. The Hall–Kier alpha value is -2.28. The van der Waals surface area contributed by atoms with Gasteiger partial charge in [-0.1, -0.05) is 42.0 Å². The Kier molecular flexibility index (Phi) is 6.46. The largest absolute Gasteiger partial charge is 0.335 e. The number of aryl methyl sites for hydroxylation is 1. The molecule has 0 saturated carbocycles. The van der Waals surface area contributed by atoms with Crippen LogP contribution in [0, 0.1) is 6.92 Å². The first-order valence-electron chi connectivity index (χ1n) is 10.6. The van der Waals surface area contributed by atoms with Crippen LogP contribution < -0.4 is 0 Å². The molecule has 2 aromatic carbocycles. The van der Waals surface area contributed by atoms with Crippen molar-refractivity contribution in [3.8, 4) is 0 Å². The molecule has 0 aliphatic carbocycles. The van der Waals surface area contributed by atoms with E-state index in [1.54, 1.807) is 11.3 Å². The van der Waals surface area contributed by atoms with Gasteiger partial charge in [-0.3, -0.25) is 14.6 Å². The third kappa shape index (κ3) is 4.89. The molecule has 0 unspecified atom stereocenters. The smallest absolute Gasteiger partial charge is 0.237 e. The van der Waals surface area contributed by atoms with Gasteiger partial charge in [-0.2, -0.15) is 0 Å². The third-order valence-electron chi connectivity index (χ3n) is 5.95. The molecule has 30 heavy (non-hydrogen) atoms. The monoisotopic (exact) mass is 422 g/mol. The van der Waals surface area contributed by atoms with Crippen LogP contribution in [-0.2, 0) is 11.3 Å². The Bertz CT molecular complexity index is 976. The van der Waals surface area contributed by atoms with Crippen molar-refractivity contribution in [3.05, 3.63) is 64.7 Å². The second-order valence-corrected chi connectivity index (χ2v) is 9.30. The predicted molar refractivity (Wildman–Crippen MR) is 124 cm³/mol. The number of likely N-dealkylation sites (N-methyl/N-ethyl adjacent to an activating group) is 1. The number of benzene rings is 2. The topological polar surface area (TPSA) is 39.7 Å². The minimum atomic E-state index is -0.0162. The summed E-state index contributed by atoms with van der Waals surface area (Å²) >= 11 is 1.67. The van der Waals surface area contributed by atoms with Crippen LogP contribution in [0.2, 0.25) is 0 Å². The van der Waals surface area contributed by atoms with Gasteiger partial charge in [-0.15, -0.1) is 11.3 Å². The molecule has 1 aliphatic heterocycles. The number of hydrogen-bond acceptors (Lipinski definition) is 5. The molecule has 5 nitrogen and oxygen atoms in total. The van der Waals surface area contributed by atoms with Crippen molar-refractivity contribution in [2.45, 2.75) is 26.4 Å². The first kappa shape index (κ1) is 21.0. The molecule has 2 heterocycles. The van der Waals surface area contributed by atoms with E-state index < -0.39 is 0 Å². The lowest BCUT2D eigenvalue weighted by atomic mass is 10.1. The number of aromatic nitrogens is 1. The van der Waals surface area contributed by atoms with Crippen molar-refractivity contribution in [1.29, 1.82) is 0 Å². The average molecular weight is 423 g/mol. The third-order valence-corrected chi connectivity index (χ3v) is 7.16. The summed E-state index contributed by atoms with van der Waals surface area (Å²) in [6.07, 6.45) is 0. The lowest BCUT2D eigenvalue weighted by Crippen LogP contribution is -2.49. The average Bonchev–Trinajstić information content (AvgIpc) is 3.18. The van der Waals surface area contributed by atoms with E-state index in [1.165, 1.54) is 15.8 Å². The zero-order valence-electron chi connectivity index (χ0n) is 18.0. The first-order valence-corrected chi connectivity index (χ1v) is 11.4. The lowest BCUT2D eigenvalue weighted by Gasteiger charge is -2.35. The predicted octanol–water partition coefficient (Wildman–Crippen LogP) is 3.94. The molecule has 0 spiro atoms. The first-order chi connectivity index (χ1) is 14.5. The number of rotatable bonds is 6. The van der Waals surface area contributed by atoms with Gasteiger partial charge >= 0.3 is 0 Å². The van der Waals surface area contributed by atoms with E-state index >= 15 is 0 Å². The van der Waals surface area contributed by atoms with Crippen LogP contribution in [0.25, 0.3) is 10.2 Å². The molecule has 1 aliphatic rings. The van der Waals surface area contributed by atoms with Gasteiger partial charge < -0.3 is 4.90 Å². The van der Waals surface area contributed by atoms with Gasteiger partial charge in [0.15, 0.2) is 0 Å². The normalized spacial score (nSPS) is 16.6. The van der Waals surface area contributed by atoms with E-state index in [-0.39, 0.29) is 11.9 Å². The summed E-state index contributed by atoms with van der Waals surface area (Å²) in [5.74, 6) is 0.161. The molecule has 1 fully saturated rings. The van der Waals surface area contributed by atoms with Crippen LogP contribution in [0.1, 0.15) is 29.1 Å². The molecule has 6 heteroatoms. The van der Waals surface area contributed by atoms with Crippen molar-refractivity contribution >= 4 is 27.5 Å². The molecule has 1 saturated heterocycles. The van der Waals surface area contributed by atoms with Gasteiger partial charge in [0.2, 0.25) is 5.91 Å². The minimum Gasteiger partial charge on any atom is -0.335 e. The van der Waals surface area contributed by atoms with E-state index in [1.807, 2.05) is 30.1 Å². The highest BCUT2D eigenvalue weighted by atomic mass is 32.1. The van der Waals surface area contributed by atoms with Crippen LogP contribution in [0.4, 0.5) is 0 Å². The summed E-state index contributed by atoms with van der Waals surface area (Å²) in [5.41, 5.74) is 3.68. The number of piperazine rings is 1. The van der Waals surface area contributed by atoms with Gasteiger partial charge in [0.05, 0.1) is 22.8 Å². The van der Waals surface area contributed by atoms with E-state index in [2.05, 4.69) is 54.0 Å². The highest BCUT2D eigenvalue weighted by Gasteiger charge is 2.24. The number of thiazole rings is 1. The van der Waals surface area contributed by atoms with Crippen LogP contribution >= 0.6 is 11.3 Å². The zero-order valence-corrected chi connectivity index (χ0v) is 18.9. The number of para-hydroxylation sites is 1. The van der Waals surface area contributed by atoms with Gasteiger partial charge in [0.1, 0.15) is 5.01 Å². The van der Waals surface area contributed by atoms with Gasteiger partial charge in [0.25, 0.3) is 0 Å². The second kappa shape index (κ2) is 9.25. The standard InChI is InChI=1S/C24H30N4OS/c1-18-7-6-8-20(15-18)16-27-11-13-28(14-12-27)17-23(29)26(3)19(2)24-25-21-9-4-5-10-22(21)30-24/h4-10,15,19H,11-14,16-17H2,1-3H3/t19-/m0/s1. The van der Waals surface area contributed by atoms with Crippen molar-refractivity contribution in [3.63, 3.8) is 0 Å². The SMILES string of the molecule is Cc1cccc(CN2CCN(CC(=O)N(C)[C@@H](C)c3nc4ccccc4s3)CC2)c1. The van der Waals surface area contributed by atoms with Crippen LogP contribution in [0.3, 0.4) is 0 Å². The van der Waals surface area contributed by atoms with Gasteiger partial charge in [0, 0.05) is 39.8 Å². The summed E-state index contributed by atoms with van der Waals surface area (Å²) in [4.78, 5) is 24.2. The van der Waals surface area contributed by atoms with E-state index in [0.29, 0.717) is 6.54 Å². The number of carbonyl (C=O) groups excluding carboxylic acids is 1. The molecule has 0 bridgehead atoms. The number of fused-ring (bicyclic) bond motifs is 1. The van der Waals surface area contributed by atoms with Crippen LogP contribution in [-0.4, -0.2) is 65.4 Å². The van der Waals surface area contributed by atoms with E-state index in [0.717, 1.165) is 43.2 Å². The van der Waals surface area contributed by atoms with Crippen molar-refractivity contribution in [1.82, 2.24) is 19.7 Å². The fourth-order valence-electron chi connectivity index (χ4n) is 3.93.